The Balaban J connectivity index is 1.57. The maximum Gasteiger partial charge on any atom is 0.123 e. The van der Waals surface area contributed by atoms with E-state index in [0.29, 0.717) is 12.5 Å². The second kappa shape index (κ2) is 8.25. The Kier molecular flexibility index (Phi) is 6.31. The Hall–Kier alpha value is -1.09. The van der Waals surface area contributed by atoms with Crippen LogP contribution in [-0.4, -0.2) is 31.1 Å². The first-order valence-corrected chi connectivity index (χ1v) is 7.85. The van der Waals surface area contributed by atoms with Gasteiger partial charge in [0.1, 0.15) is 11.6 Å². The molecule has 112 valence electrons. The molecule has 1 heterocycles. The number of likely N-dealkylation sites (tertiary alicyclic amines) is 1. The molecule has 1 unspecified atom stereocenters. The van der Waals surface area contributed by atoms with Gasteiger partial charge in [-0.25, -0.2) is 4.39 Å². The molecule has 3 heteroatoms. The van der Waals surface area contributed by atoms with Crippen LogP contribution in [0.25, 0.3) is 0 Å². The van der Waals surface area contributed by atoms with Crippen LogP contribution in [0.15, 0.2) is 24.3 Å². The first-order chi connectivity index (χ1) is 9.74. The summed E-state index contributed by atoms with van der Waals surface area (Å²) in [4.78, 5) is 2.58. The largest absolute Gasteiger partial charge is 0.493 e. The van der Waals surface area contributed by atoms with Crippen molar-refractivity contribution in [3.63, 3.8) is 0 Å². The number of benzene rings is 1. The molecule has 0 spiro atoms. The van der Waals surface area contributed by atoms with Crippen LogP contribution in [0, 0.1) is 11.7 Å². The molecule has 1 saturated heterocycles. The fourth-order valence-electron chi connectivity index (χ4n) is 2.70. The highest BCUT2D eigenvalue weighted by Crippen LogP contribution is 2.15. The zero-order valence-corrected chi connectivity index (χ0v) is 12.5. The van der Waals surface area contributed by atoms with E-state index in [2.05, 4.69) is 11.8 Å². The van der Waals surface area contributed by atoms with Crippen molar-refractivity contribution in [2.75, 3.05) is 26.2 Å². The maximum atomic E-state index is 12.8. The van der Waals surface area contributed by atoms with Gasteiger partial charge in [-0.1, -0.05) is 13.3 Å². The molecular formula is C17H26FNO. The molecule has 1 aromatic rings. The van der Waals surface area contributed by atoms with Gasteiger partial charge in [0.15, 0.2) is 0 Å². The van der Waals surface area contributed by atoms with Crippen molar-refractivity contribution >= 4 is 0 Å². The zero-order chi connectivity index (χ0) is 14.2. The Labute approximate surface area is 121 Å². The van der Waals surface area contributed by atoms with Gasteiger partial charge < -0.3 is 9.64 Å². The van der Waals surface area contributed by atoms with Crippen molar-refractivity contribution in [2.45, 2.75) is 39.0 Å². The molecule has 0 aromatic heterocycles. The van der Waals surface area contributed by atoms with Crippen LogP contribution >= 0.6 is 0 Å². The molecule has 0 amide bonds. The van der Waals surface area contributed by atoms with Gasteiger partial charge >= 0.3 is 0 Å². The quantitative estimate of drug-likeness (QED) is 0.745. The summed E-state index contributed by atoms with van der Waals surface area (Å²) in [7, 11) is 0. The highest BCUT2D eigenvalue weighted by atomic mass is 19.1. The van der Waals surface area contributed by atoms with E-state index >= 15 is 0 Å². The molecule has 0 saturated carbocycles. The highest BCUT2D eigenvalue weighted by molar-refractivity contribution is 5.21. The third kappa shape index (κ3) is 5.49. The first-order valence-electron chi connectivity index (χ1n) is 7.85. The van der Waals surface area contributed by atoms with E-state index in [1.165, 1.54) is 63.9 Å². The lowest BCUT2D eigenvalue weighted by atomic mass is 10.1. The van der Waals surface area contributed by atoms with Crippen molar-refractivity contribution in [1.29, 1.82) is 0 Å². The molecule has 1 fully saturated rings. The molecule has 0 aliphatic carbocycles. The lowest BCUT2D eigenvalue weighted by Crippen LogP contribution is -2.30. The normalized spacial score (nSPS) is 17.9. The predicted molar refractivity (Wildman–Crippen MR) is 80.6 cm³/mol. The second-order valence-corrected chi connectivity index (χ2v) is 5.91. The Bertz CT molecular complexity index is 373. The van der Waals surface area contributed by atoms with E-state index in [0.717, 1.165) is 5.75 Å². The average molecular weight is 279 g/mol. The van der Waals surface area contributed by atoms with E-state index in [4.69, 9.17) is 4.74 Å². The average Bonchev–Trinajstić information content (AvgIpc) is 2.48. The number of halogens is 1. The SMILES string of the molecule is CC(CCCN1CCCCC1)COc1ccc(F)cc1. The summed E-state index contributed by atoms with van der Waals surface area (Å²) in [6.07, 6.45) is 6.57. The number of rotatable bonds is 7. The molecule has 0 N–H and O–H groups in total. The monoisotopic (exact) mass is 279 g/mol. The molecule has 1 atom stereocenters. The summed E-state index contributed by atoms with van der Waals surface area (Å²) in [6.45, 7) is 6.72. The Morgan fingerprint density at radius 1 is 1.15 bits per heavy atom. The lowest BCUT2D eigenvalue weighted by Gasteiger charge is -2.26. The van der Waals surface area contributed by atoms with Crippen LogP contribution in [0.4, 0.5) is 4.39 Å². The maximum absolute atomic E-state index is 12.8. The minimum atomic E-state index is -0.216. The smallest absolute Gasteiger partial charge is 0.123 e. The topological polar surface area (TPSA) is 12.5 Å². The van der Waals surface area contributed by atoms with E-state index in [1.54, 1.807) is 12.1 Å². The van der Waals surface area contributed by atoms with E-state index in [9.17, 15) is 4.39 Å². The molecule has 0 radical (unpaired) electrons. The van der Waals surface area contributed by atoms with Gasteiger partial charge in [-0.3, -0.25) is 0 Å². The fourth-order valence-corrected chi connectivity index (χ4v) is 2.70. The van der Waals surface area contributed by atoms with Gasteiger partial charge in [-0.05, 0) is 75.5 Å². The van der Waals surface area contributed by atoms with Crippen molar-refractivity contribution < 1.29 is 9.13 Å². The van der Waals surface area contributed by atoms with Crippen molar-refractivity contribution in [2.24, 2.45) is 5.92 Å². The molecule has 2 rings (SSSR count). The van der Waals surface area contributed by atoms with Crippen LogP contribution in [-0.2, 0) is 0 Å². The molecule has 20 heavy (non-hydrogen) atoms. The predicted octanol–water partition coefficient (Wildman–Crippen LogP) is 4.11. The van der Waals surface area contributed by atoms with Gasteiger partial charge in [-0.2, -0.15) is 0 Å². The third-order valence-corrected chi connectivity index (χ3v) is 3.97. The summed E-state index contributed by atoms with van der Waals surface area (Å²) in [5.74, 6) is 1.09. The molecule has 1 aliphatic heterocycles. The standard InChI is InChI=1S/C17H26FNO/c1-15(6-5-13-19-11-3-2-4-12-19)14-20-17-9-7-16(18)8-10-17/h7-10,15H,2-6,11-14H2,1H3. The van der Waals surface area contributed by atoms with Gasteiger partial charge in [0, 0.05) is 0 Å². The van der Waals surface area contributed by atoms with E-state index in [1.807, 2.05) is 0 Å². The number of piperidine rings is 1. The highest BCUT2D eigenvalue weighted by Gasteiger charge is 2.10. The van der Waals surface area contributed by atoms with Crippen LogP contribution < -0.4 is 4.74 Å². The molecular weight excluding hydrogens is 253 g/mol. The van der Waals surface area contributed by atoms with Crippen LogP contribution in [0.3, 0.4) is 0 Å². The van der Waals surface area contributed by atoms with Gasteiger partial charge in [-0.15, -0.1) is 0 Å². The molecule has 2 nitrogen and oxygen atoms in total. The van der Waals surface area contributed by atoms with Crippen LogP contribution in [0.2, 0.25) is 0 Å². The van der Waals surface area contributed by atoms with Crippen molar-refractivity contribution in [1.82, 2.24) is 4.90 Å². The van der Waals surface area contributed by atoms with Gasteiger partial charge in [0.2, 0.25) is 0 Å². The van der Waals surface area contributed by atoms with E-state index in [-0.39, 0.29) is 5.82 Å². The molecule has 1 aliphatic rings. The Morgan fingerprint density at radius 3 is 2.55 bits per heavy atom. The van der Waals surface area contributed by atoms with Crippen molar-refractivity contribution in [3.8, 4) is 5.75 Å². The minimum absolute atomic E-state index is 0.216. The van der Waals surface area contributed by atoms with Crippen LogP contribution in [0.5, 0.6) is 5.75 Å². The van der Waals surface area contributed by atoms with Gasteiger partial charge in [0.05, 0.1) is 6.61 Å². The Morgan fingerprint density at radius 2 is 1.85 bits per heavy atom. The third-order valence-electron chi connectivity index (χ3n) is 3.97. The second-order valence-electron chi connectivity index (χ2n) is 5.91. The first kappa shape index (κ1) is 15.3. The number of hydrogen-bond acceptors (Lipinski definition) is 2. The summed E-state index contributed by atoms with van der Waals surface area (Å²) < 4.78 is 18.5. The summed E-state index contributed by atoms with van der Waals surface area (Å²) in [5.41, 5.74) is 0. The number of hydrogen-bond donors (Lipinski definition) is 0. The zero-order valence-electron chi connectivity index (χ0n) is 12.5. The fraction of sp³-hybridized carbons (Fsp3) is 0.647. The summed E-state index contributed by atoms with van der Waals surface area (Å²) in [6, 6.07) is 6.26. The van der Waals surface area contributed by atoms with Gasteiger partial charge in [0.25, 0.3) is 0 Å². The number of nitrogens with zero attached hydrogens (tertiary/aromatic N) is 1. The van der Waals surface area contributed by atoms with Crippen molar-refractivity contribution in [3.05, 3.63) is 30.1 Å². The van der Waals surface area contributed by atoms with Crippen LogP contribution in [0.1, 0.15) is 39.0 Å². The number of ether oxygens (including phenoxy) is 1. The minimum Gasteiger partial charge on any atom is -0.493 e. The molecule has 0 bridgehead atoms. The molecule has 1 aromatic carbocycles. The lowest BCUT2D eigenvalue weighted by molar-refractivity contribution is 0.207. The summed E-state index contributed by atoms with van der Waals surface area (Å²) >= 11 is 0. The summed E-state index contributed by atoms with van der Waals surface area (Å²) in [5, 5.41) is 0. The van der Waals surface area contributed by atoms with E-state index < -0.39 is 0 Å².